The quantitative estimate of drug-likeness (QED) is 0.735. The molecule has 0 bridgehead atoms. The maximum absolute atomic E-state index is 11.3. The van der Waals surface area contributed by atoms with Gasteiger partial charge in [0.05, 0.1) is 0 Å². The fraction of sp³-hybridized carbons (Fsp3) is 0.462. The molecule has 1 aliphatic rings. The van der Waals surface area contributed by atoms with Crippen LogP contribution in [0.15, 0.2) is 12.1 Å². The second-order valence-electron chi connectivity index (χ2n) is 5.29. The lowest BCUT2D eigenvalue weighted by Crippen LogP contribution is -2.20. The van der Waals surface area contributed by atoms with E-state index in [1.807, 2.05) is 6.07 Å². The van der Waals surface area contributed by atoms with Crippen molar-refractivity contribution in [3.63, 3.8) is 0 Å². The molecule has 0 spiro atoms. The summed E-state index contributed by atoms with van der Waals surface area (Å²) in [7, 11) is 0. The lowest BCUT2D eigenvalue weighted by atomic mass is 9.84. The Bertz CT molecular complexity index is 446. The molecule has 0 fully saturated rings. The van der Waals surface area contributed by atoms with E-state index in [4.69, 9.17) is 11.6 Å². The third-order valence-electron chi connectivity index (χ3n) is 2.90. The molecular weight excluding hydrogens is 222 g/mol. The molecule has 3 heteroatoms. The van der Waals surface area contributed by atoms with Gasteiger partial charge in [-0.2, -0.15) is 0 Å². The van der Waals surface area contributed by atoms with E-state index < -0.39 is 0 Å². The van der Waals surface area contributed by atoms with E-state index in [0.29, 0.717) is 6.42 Å². The summed E-state index contributed by atoms with van der Waals surface area (Å²) in [6.07, 6.45) is 1.37. The van der Waals surface area contributed by atoms with E-state index >= 15 is 0 Å². The fourth-order valence-electron chi connectivity index (χ4n) is 1.98. The molecule has 2 nitrogen and oxygen atoms in total. The van der Waals surface area contributed by atoms with Crippen LogP contribution in [0.1, 0.15) is 38.3 Å². The van der Waals surface area contributed by atoms with Crippen molar-refractivity contribution < 1.29 is 4.79 Å². The van der Waals surface area contributed by atoms with E-state index in [2.05, 4.69) is 32.2 Å². The molecule has 0 saturated heterocycles. The van der Waals surface area contributed by atoms with Crippen molar-refractivity contribution >= 4 is 23.2 Å². The lowest BCUT2D eigenvalue weighted by Gasteiger charge is -2.25. The number of hydrogen-bond acceptors (Lipinski definition) is 1. The van der Waals surface area contributed by atoms with Gasteiger partial charge in [-0.25, -0.2) is 0 Å². The number of amides is 1. The molecule has 86 valence electrons. The van der Waals surface area contributed by atoms with Crippen LogP contribution in [-0.4, -0.2) is 5.91 Å². The number of hydrogen-bond donors (Lipinski definition) is 1. The molecule has 1 amide bonds. The number of anilines is 1. The van der Waals surface area contributed by atoms with Crippen molar-refractivity contribution in [2.24, 2.45) is 0 Å². The molecule has 0 radical (unpaired) electrons. The van der Waals surface area contributed by atoms with Crippen LogP contribution in [0.3, 0.4) is 0 Å². The summed E-state index contributed by atoms with van der Waals surface area (Å²) >= 11 is 6.24. The first-order chi connectivity index (χ1) is 7.38. The molecule has 1 heterocycles. The lowest BCUT2D eigenvalue weighted by molar-refractivity contribution is -0.116. The monoisotopic (exact) mass is 237 g/mol. The van der Waals surface area contributed by atoms with Gasteiger partial charge in [0.25, 0.3) is 0 Å². The Morgan fingerprint density at radius 3 is 2.56 bits per heavy atom. The number of benzene rings is 1. The van der Waals surface area contributed by atoms with Crippen LogP contribution >= 0.6 is 11.6 Å². The number of carbonyl (C=O) groups is 1. The molecule has 0 unspecified atom stereocenters. The number of rotatable bonds is 0. The highest BCUT2D eigenvalue weighted by atomic mass is 35.5. The van der Waals surface area contributed by atoms with Gasteiger partial charge in [-0.3, -0.25) is 4.79 Å². The summed E-state index contributed by atoms with van der Waals surface area (Å²) in [5, 5.41) is 3.59. The van der Waals surface area contributed by atoms with Crippen molar-refractivity contribution in [2.75, 3.05) is 5.32 Å². The molecule has 0 saturated carbocycles. The van der Waals surface area contributed by atoms with Gasteiger partial charge in [-0.05, 0) is 29.0 Å². The summed E-state index contributed by atoms with van der Waals surface area (Å²) in [6.45, 7) is 6.42. The van der Waals surface area contributed by atoms with E-state index in [1.54, 1.807) is 0 Å². The molecule has 0 aromatic heterocycles. The Kier molecular flexibility index (Phi) is 2.70. The van der Waals surface area contributed by atoms with Crippen LogP contribution in [0.5, 0.6) is 0 Å². The van der Waals surface area contributed by atoms with Crippen molar-refractivity contribution in [1.29, 1.82) is 0 Å². The van der Waals surface area contributed by atoms with Crippen molar-refractivity contribution in [1.82, 2.24) is 0 Å². The second kappa shape index (κ2) is 3.77. The summed E-state index contributed by atoms with van der Waals surface area (Å²) in [5.74, 6) is 0.0760. The Hall–Kier alpha value is -1.02. The highest BCUT2D eigenvalue weighted by Gasteiger charge is 2.22. The third kappa shape index (κ3) is 2.07. The summed E-state index contributed by atoms with van der Waals surface area (Å²) < 4.78 is 0. The predicted octanol–water partition coefficient (Wildman–Crippen LogP) is 3.52. The van der Waals surface area contributed by atoms with E-state index in [9.17, 15) is 4.79 Å². The van der Waals surface area contributed by atoms with Crippen LogP contribution < -0.4 is 5.32 Å². The fourth-order valence-corrected chi connectivity index (χ4v) is 2.42. The highest BCUT2D eigenvalue weighted by molar-refractivity contribution is 6.32. The SMILES string of the molecule is CC(C)(C)c1cc2c(cc1Cl)NC(=O)CC2. The first-order valence-electron chi connectivity index (χ1n) is 5.50. The number of halogens is 1. The zero-order chi connectivity index (χ0) is 11.9. The van der Waals surface area contributed by atoms with Crippen LogP contribution in [0, 0.1) is 0 Å². The molecule has 1 aliphatic heterocycles. The normalized spacial score (nSPS) is 15.6. The zero-order valence-electron chi connectivity index (χ0n) is 9.86. The van der Waals surface area contributed by atoms with Gasteiger partial charge in [0.1, 0.15) is 0 Å². The maximum Gasteiger partial charge on any atom is 0.224 e. The topological polar surface area (TPSA) is 29.1 Å². The van der Waals surface area contributed by atoms with Gasteiger partial charge >= 0.3 is 0 Å². The van der Waals surface area contributed by atoms with Crippen LogP contribution in [-0.2, 0) is 16.6 Å². The number of nitrogens with one attached hydrogen (secondary N) is 1. The molecule has 16 heavy (non-hydrogen) atoms. The van der Waals surface area contributed by atoms with E-state index in [0.717, 1.165) is 22.7 Å². The minimum atomic E-state index is 0.0353. The van der Waals surface area contributed by atoms with Crippen molar-refractivity contribution in [2.45, 2.75) is 39.0 Å². The zero-order valence-corrected chi connectivity index (χ0v) is 10.6. The third-order valence-corrected chi connectivity index (χ3v) is 3.21. The maximum atomic E-state index is 11.3. The molecule has 0 atom stereocenters. The average molecular weight is 238 g/mol. The first kappa shape index (κ1) is 11.5. The molecule has 1 N–H and O–H groups in total. The Morgan fingerprint density at radius 1 is 1.25 bits per heavy atom. The van der Waals surface area contributed by atoms with Gasteiger partial charge in [0, 0.05) is 17.1 Å². The van der Waals surface area contributed by atoms with Gasteiger partial charge < -0.3 is 5.32 Å². The van der Waals surface area contributed by atoms with Crippen LogP contribution in [0.25, 0.3) is 0 Å². The summed E-state index contributed by atoms with van der Waals surface area (Å²) in [6, 6.07) is 3.99. The molecule has 0 aliphatic carbocycles. The smallest absolute Gasteiger partial charge is 0.224 e. The van der Waals surface area contributed by atoms with E-state index in [-0.39, 0.29) is 11.3 Å². The first-order valence-corrected chi connectivity index (χ1v) is 5.88. The van der Waals surface area contributed by atoms with Gasteiger partial charge in [0.2, 0.25) is 5.91 Å². The largest absolute Gasteiger partial charge is 0.326 e. The Balaban J connectivity index is 2.50. The molecule has 1 aromatic carbocycles. The molecular formula is C13H16ClNO. The Morgan fingerprint density at radius 2 is 1.94 bits per heavy atom. The second-order valence-corrected chi connectivity index (χ2v) is 5.69. The highest BCUT2D eigenvalue weighted by Crippen LogP contribution is 2.35. The van der Waals surface area contributed by atoms with Gasteiger partial charge in [0.15, 0.2) is 0 Å². The standard InChI is InChI=1S/C13H16ClNO/c1-13(2,3)9-6-8-4-5-12(16)15-11(8)7-10(9)14/h6-7H,4-5H2,1-3H3,(H,15,16). The number of carbonyl (C=O) groups excluding carboxylic acids is 1. The summed E-state index contributed by atoms with van der Waals surface area (Å²) in [5.41, 5.74) is 3.24. The number of aryl methyl sites for hydroxylation is 1. The van der Waals surface area contributed by atoms with Gasteiger partial charge in [-0.15, -0.1) is 0 Å². The molecule has 1 aromatic rings. The average Bonchev–Trinajstić information content (AvgIpc) is 2.14. The van der Waals surface area contributed by atoms with E-state index in [1.165, 1.54) is 5.56 Å². The summed E-state index contributed by atoms with van der Waals surface area (Å²) in [4.78, 5) is 11.3. The van der Waals surface area contributed by atoms with Gasteiger partial charge in [-0.1, -0.05) is 38.4 Å². The van der Waals surface area contributed by atoms with Crippen molar-refractivity contribution in [3.05, 3.63) is 28.3 Å². The minimum Gasteiger partial charge on any atom is -0.326 e. The molecule has 2 rings (SSSR count). The van der Waals surface area contributed by atoms with Crippen LogP contribution in [0.2, 0.25) is 5.02 Å². The number of fused-ring (bicyclic) bond motifs is 1. The Labute approximate surface area is 101 Å². The van der Waals surface area contributed by atoms with Crippen molar-refractivity contribution in [3.8, 4) is 0 Å². The minimum absolute atomic E-state index is 0.0353. The predicted molar refractivity (Wildman–Crippen MR) is 67.1 cm³/mol. The van der Waals surface area contributed by atoms with Crippen LogP contribution in [0.4, 0.5) is 5.69 Å².